The number of benzene rings is 1. The molecule has 1 aromatic carbocycles. The van der Waals surface area contributed by atoms with E-state index in [0.29, 0.717) is 12.5 Å². The molecule has 0 saturated carbocycles. The molecule has 0 spiro atoms. The van der Waals surface area contributed by atoms with E-state index in [1.165, 1.54) is 0 Å². The first-order valence-corrected chi connectivity index (χ1v) is 6.70. The van der Waals surface area contributed by atoms with Crippen molar-refractivity contribution in [3.63, 3.8) is 0 Å². The highest BCUT2D eigenvalue weighted by atomic mass is 16.5. The minimum atomic E-state index is 0.593. The molecule has 0 bridgehead atoms. The normalized spacial score (nSPS) is 10.7. The number of nitrogens with zero attached hydrogens (tertiary/aromatic N) is 2. The second-order valence-electron chi connectivity index (χ2n) is 4.88. The van der Waals surface area contributed by atoms with Crippen LogP contribution in [0.2, 0.25) is 0 Å². The zero-order chi connectivity index (χ0) is 13.7. The van der Waals surface area contributed by atoms with Gasteiger partial charge in [-0.25, -0.2) is 4.98 Å². The Morgan fingerprint density at radius 3 is 2.63 bits per heavy atom. The van der Waals surface area contributed by atoms with E-state index in [2.05, 4.69) is 28.7 Å². The van der Waals surface area contributed by atoms with Crippen molar-refractivity contribution >= 4 is 11.6 Å². The SMILES string of the molecule is CCOc1ccc(Nc2nccn2CC(C)C)cc1. The van der Waals surface area contributed by atoms with E-state index >= 15 is 0 Å². The van der Waals surface area contributed by atoms with Crippen LogP contribution in [-0.2, 0) is 6.54 Å². The number of hydrogen-bond donors (Lipinski definition) is 1. The van der Waals surface area contributed by atoms with Crippen molar-refractivity contribution in [2.45, 2.75) is 27.3 Å². The van der Waals surface area contributed by atoms with Crippen LogP contribution < -0.4 is 10.1 Å². The summed E-state index contributed by atoms with van der Waals surface area (Å²) in [6.45, 7) is 8.02. The Balaban J connectivity index is 2.06. The average molecular weight is 259 g/mol. The van der Waals surface area contributed by atoms with Crippen LogP contribution in [0.15, 0.2) is 36.7 Å². The van der Waals surface area contributed by atoms with Gasteiger partial charge in [0.25, 0.3) is 0 Å². The number of nitrogens with one attached hydrogen (secondary N) is 1. The third kappa shape index (κ3) is 3.74. The van der Waals surface area contributed by atoms with Crippen molar-refractivity contribution in [1.29, 1.82) is 0 Å². The van der Waals surface area contributed by atoms with Gasteiger partial charge in [0.05, 0.1) is 6.61 Å². The maximum Gasteiger partial charge on any atom is 0.207 e. The minimum Gasteiger partial charge on any atom is -0.494 e. The van der Waals surface area contributed by atoms with E-state index in [9.17, 15) is 0 Å². The summed E-state index contributed by atoms with van der Waals surface area (Å²) in [7, 11) is 0. The van der Waals surface area contributed by atoms with Crippen molar-refractivity contribution in [3.8, 4) is 5.75 Å². The molecule has 0 radical (unpaired) electrons. The second kappa shape index (κ2) is 6.27. The highest BCUT2D eigenvalue weighted by Crippen LogP contribution is 2.19. The van der Waals surface area contributed by atoms with E-state index in [4.69, 9.17) is 4.74 Å². The molecule has 0 aliphatic carbocycles. The van der Waals surface area contributed by atoms with Crippen LogP contribution >= 0.6 is 0 Å². The third-order valence-electron chi connectivity index (χ3n) is 2.70. The molecule has 1 aromatic heterocycles. The zero-order valence-electron chi connectivity index (χ0n) is 11.8. The first-order valence-electron chi connectivity index (χ1n) is 6.70. The molecule has 2 aromatic rings. The van der Waals surface area contributed by atoms with Gasteiger partial charge >= 0.3 is 0 Å². The fourth-order valence-corrected chi connectivity index (χ4v) is 1.90. The van der Waals surface area contributed by atoms with Crippen LogP contribution in [0.1, 0.15) is 20.8 Å². The Morgan fingerprint density at radius 1 is 1.26 bits per heavy atom. The molecule has 0 aliphatic rings. The molecule has 0 atom stereocenters. The number of ether oxygens (including phenoxy) is 1. The monoisotopic (exact) mass is 259 g/mol. The van der Waals surface area contributed by atoms with Gasteiger partial charge in [0, 0.05) is 24.6 Å². The first-order chi connectivity index (χ1) is 9.19. The molecule has 0 amide bonds. The number of anilines is 2. The summed E-state index contributed by atoms with van der Waals surface area (Å²) >= 11 is 0. The lowest BCUT2D eigenvalue weighted by Crippen LogP contribution is -2.07. The Bertz CT molecular complexity index is 502. The number of imidazole rings is 1. The van der Waals surface area contributed by atoms with Gasteiger partial charge in [-0.2, -0.15) is 0 Å². The molecule has 0 fully saturated rings. The standard InChI is InChI=1S/C15H21N3O/c1-4-19-14-7-5-13(6-8-14)17-15-16-9-10-18(15)11-12(2)3/h5-10,12H,4,11H2,1-3H3,(H,16,17). The maximum atomic E-state index is 5.42. The molecule has 19 heavy (non-hydrogen) atoms. The summed E-state index contributed by atoms with van der Waals surface area (Å²) in [6.07, 6.45) is 3.82. The fraction of sp³-hybridized carbons (Fsp3) is 0.400. The predicted octanol–water partition coefficient (Wildman–Crippen LogP) is 3.68. The van der Waals surface area contributed by atoms with Crippen LogP contribution in [0.3, 0.4) is 0 Å². The smallest absolute Gasteiger partial charge is 0.207 e. The third-order valence-corrected chi connectivity index (χ3v) is 2.70. The van der Waals surface area contributed by atoms with Crippen molar-refractivity contribution in [2.75, 3.05) is 11.9 Å². The molecule has 1 N–H and O–H groups in total. The zero-order valence-corrected chi connectivity index (χ0v) is 11.8. The minimum absolute atomic E-state index is 0.593. The number of aromatic nitrogens is 2. The Kier molecular flexibility index (Phi) is 4.44. The summed E-state index contributed by atoms with van der Waals surface area (Å²) < 4.78 is 7.55. The molecular formula is C15H21N3O. The van der Waals surface area contributed by atoms with Gasteiger partial charge in [0.1, 0.15) is 5.75 Å². The largest absolute Gasteiger partial charge is 0.494 e. The highest BCUT2D eigenvalue weighted by Gasteiger charge is 2.05. The van der Waals surface area contributed by atoms with Gasteiger partial charge in [0.15, 0.2) is 0 Å². The van der Waals surface area contributed by atoms with Gasteiger partial charge in [-0.1, -0.05) is 13.8 Å². The van der Waals surface area contributed by atoms with Crippen LogP contribution in [0.4, 0.5) is 11.6 Å². The fourth-order valence-electron chi connectivity index (χ4n) is 1.90. The number of rotatable bonds is 6. The number of hydrogen-bond acceptors (Lipinski definition) is 3. The van der Waals surface area contributed by atoms with Gasteiger partial charge in [-0.3, -0.25) is 0 Å². The van der Waals surface area contributed by atoms with Gasteiger partial charge < -0.3 is 14.6 Å². The lowest BCUT2D eigenvalue weighted by atomic mass is 10.2. The second-order valence-corrected chi connectivity index (χ2v) is 4.88. The predicted molar refractivity (Wildman–Crippen MR) is 78.0 cm³/mol. The topological polar surface area (TPSA) is 39.1 Å². The van der Waals surface area contributed by atoms with E-state index in [-0.39, 0.29) is 0 Å². The van der Waals surface area contributed by atoms with Crippen LogP contribution in [0.25, 0.3) is 0 Å². The summed E-state index contributed by atoms with van der Waals surface area (Å²) in [5.41, 5.74) is 1.01. The summed E-state index contributed by atoms with van der Waals surface area (Å²) in [5, 5.41) is 3.32. The summed E-state index contributed by atoms with van der Waals surface area (Å²) in [6, 6.07) is 7.92. The molecule has 102 valence electrons. The Hall–Kier alpha value is -1.97. The van der Waals surface area contributed by atoms with Crippen LogP contribution in [0.5, 0.6) is 5.75 Å². The van der Waals surface area contributed by atoms with Crippen LogP contribution in [0, 0.1) is 5.92 Å². The van der Waals surface area contributed by atoms with Crippen molar-refractivity contribution in [3.05, 3.63) is 36.7 Å². The Labute approximate surface area is 114 Å². The maximum absolute atomic E-state index is 5.42. The molecular weight excluding hydrogens is 238 g/mol. The highest BCUT2D eigenvalue weighted by molar-refractivity contribution is 5.54. The molecule has 4 nitrogen and oxygen atoms in total. The molecule has 1 heterocycles. The van der Waals surface area contributed by atoms with Crippen LogP contribution in [-0.4, -0.2) is 16.2 Å². The average Bonchev–Trinajstić information content (AvgIpc) is 2.79. The van der Waals surface area contributed by atoms with Crippen molar-refractivity contribution in [2.24, 2.45) is 5.92 Å². The lowest BCUT2D eigenvalue weighted by Gasteiger charge is -2.12. The summed E-state index contributed by atoms with van der Waals surface area (Å²) in [5.74, 6) is 2.35. The van der Waals surface area contributed by atoms with E-state index in [1.807, 2.05) is 43.6 Å². The Morgan fingerprint density at radius 2 is 2.00 bits per heavy atom. The molecule has 2 rings (SSSR count). The van der Waals surface area contributed by atoms with Crippen molar-refractivity contribution < 1.29 is 4.74 Å². The van der Waals surface area contributed by atoms with Crippen molar-refractivity contribution in [1.82, 2.24) is 9.55 Å². The lowest BCUT2D eigenvalue weighted by molar-refractivity contribution is 0.340. The van der Waals surface area contributed by atoms with Gasteiger partial charge in [-0.05, 0) is 37.1 Å². The quantitative estimate of drug-likeness (QED) is 0.860. The van der Waals surface area contributed by atoms with Gasteiger partial charge in [0.2, 0.25) is 5.95 Å². The van der Waals surface area contributed by atoms with Gasteiger partial charge in [-0.15, -0.1) is 0 Å². The van der Waals surface area contributed by atoms with E-state index in [0.717, 1.165) is 23.9 Å². The van der Waals surface area contributed by atoms with E-state index < -0.39 is 0 Å². The molecule has 4 heteroatoms. The molecule has 0 saturated heterocycles. The summed E-state index contributed by atoms with van der Waals surface area (Å²) in [4.78, 5) is 4.34. The van der Waals surface area contributed by atoms with E-state index in [1.54, 1.807) is 0 Å². The molecule has 0 unspecified atom stereocenters. The molecule has 0 aliphatic heterocycles. The first kappa shape index (κ1) is 13.5.